The molecule has 1 aliphatic rings. The van der Waals surface area contributed by atoms with E-state index in [2.05, 4.69) is 18.8 Å². The Bertz CT molecular complexity index is 777. The number of carbonyl (C=O) groups is 1. The van der Waals surface area contributed by atoms with Crippen LogP contribution in [0.15, 0.2) is 21.4 Å². The van der Waals surface area contributed by atoms with Crippen LogP contribution >= 0.6 is 23.1 Å². The van der Waals surface area contributed by atoms with E-state index in [1.165, 1.54) is 23.1 Å². The molecule has 7 heteroatoms. The van der Waals surface area contributed by atoms with Gasteiger partial charge in [0.05, 0.1) is 11.3 Å². The van der Waals surface area contributed by atoms with Gasteiger partial charge in [-0.2, -0.15) is 0 Å². The number of rotatable bonds is 6. The summed E-state index contributed by atoms with van der Waals surface area (Å²) in [7, 11) is 1.72. The average molecular weight is 351 g/mol. The lowest BCUT2D eigenvalue weighted by Gasteiger charge is -2.24. The van der Waals surface area contributed by atoms with E-state index in [0.29, 0.717) is 33.1 Å². The van der Waals surface area contributed by atoms with Gasteiger partial charge in [-0.15, -0.1) is 11.3 Å². The van der Waals surface area contributed by atoms with Crippen molar-refractivity contribution in [1.82, 2.24) is 14.5 Å². The zero-order chi connectivity index (χ0) is 16.6. The first-order valence-corrected chi connectivity index (χ1v) is 9.70. The van der Waals surface area contributed by atoms with E-state index >= 15 is 0 Å². The molecule has 0 unspecified atom stereocenters. The quantitative estimate of drug-likeness (QED) is 0.593. The third-order valence-electron chi connectivity index (χ3n) is 3.84. The fourth-order valence-corrected chi connectivity index (χ4v) is 4.20. The second-order valence-corrected chi connectivity index (χ2v) is 8.21. The second kappa shape index (κ2) is 6.65. The van der Waals surface area contributed by atoms with Crippen LogP contribution in [0.2, 0.25) is 0 Å². The van der Waals surface area contributed by atoms with E-state index in [1.54, 1.807) is 11.6 Å². The van der Waals surface area contributed by atoms with Crippen molar-refractivity contribution in [3.8, 4) is 0 Å². The summed E-state index contributed by atoms with van der Waals surface area (Å²) in [6.45, 7) is 5.07. The van der Waals surface area contributed by atoms with Crippen molar-refractivity contribution in [2.75, 3.05) is 12.3 Å². The summed E-state index contributed by atoms with van der Waals surface area (Å²) in [4.78, 5) is 31.3. The minimum atomic E-state index is -0.0406. The predicted octanol–water partition coefficient (Wildman–Crippen LogP) is 2.73. The average Bonchev–Trinajstić information content (AvgIpc) is 3.24. The van der Waals surface area contributed by atoms with Gasteiger partial charge in [0.2, 0.25) is 5.91 Å². The molecule has 124 valence electrons. The lowest BCUT2D eigenvalue weighted by molar-refractivity contribution is -0.129. The van der Waals surface area contributed by atoms with Crippen molar-refractivity contribution in [1.29, 1.82) is 0 Å². The Morgan fingerprint density at radius 3 is 2.91 bits per heavy atom. The van der Waals surface area contributed by atoms with Crippen LogP contribution in [-0.2, 0) is 11.8 Å². The van der Waals surface area contributed by atoms with Crippen molar-refractivity contribution >= 4 is 39.2 Å². The molecule has 2 heterocycles. The molecule has 0 aromatic carbocycles. The van der Waals surface area contributed by atoms with Crippen LogP contribution in [0.25, 0.3) is 10.2 Å². The number of amides is 1. The first-order chi connectivity index (χ1) is 11.0. The van der Waals surface area contributed by atoms with Gasteiger partial charge in [0, 0.05) is 19.6 Å². The summed E-state index contributed by atoms with van der Waals surface area (Å²) in [5.74, 6) is 0.944. The van der Waals surface area contributed by atoms with E-state index in [-0.39, 0.29) is 11.5 Å². The molecule has 0 saturated heterocycles. The SMILES string of the molecule is CC(C)CN(C(=O)CSc1nc2ccsc2c(=O)n1C)C1CC1. The van der Waals surface area contributed by atoms with Gasteiger partial charge in [0.15, 0.2) is 5.16 Å². The van der Waals surface area contributed by atoms with E-state index in [1.807, 2.05) is 16.3 Å². The summed E-state index contributed by atoms with van der Waals surface area (Å²) in [5, 5.41) is 2.48. The molecule has 1 saturated carbocycles. The van der Waals surface area contributed by atoms with Crippen molar-refractivity contribution in [3.05, 3.63) is 21.8 Å². The predicted molar refractivity (Wildman–Crippen MR) is 95.2 cm³/mol. The number of fused-ring (bicyclic) bond motifs is 1. The minimum absolute atomic E-state index is 0.0406. The van der Waals surface area contributed by atoms with Crippen LogP contribution in [0, 0.1) is 5.92 Å². The van der Waals surface area contributed by atoms with Crippen molar-refractivity contribution in [3.63, 3.8) is 0 Å². The maximum Gasteiger partial charge on any atom is 0.271 e. The summed E-state index contributed by atoms with van der Waals surface area (Å²) in [6, 6.07) is 2.27. The summed E-state index contributed by atoms with van der Waals surface area (Å²) in [6.07, 6.45) is 2.22. The first-order valence-electron chi connectivity index (χ1n) is 7.84. The molecule has 0 spiro atoms. The molecule has 1 aliphatic carbocycles. The number of hydrogen-bond acceptors (Lipinski definition) is 5. The monoisotopic (exact) mass is 351 g/mol. The van der Waals surface area contributed by atoms with Gasteiger partial charge in [-0.05, 0) is 30.2 Å². The zero-order valence-corrected chi connectivity index (χ0v) is 15.2. The molecule has 2 aromatic heterocycles. The maximum absolute atomic E-state index is 12.5. The molecule has 0 bridgehead atoms. The molecule has 3 rings (SSSR count). The highest BCUT2D eigenvalue weighted by Gasteiger charge is 2.32. The Balaban J connectivity index is 1.73. The van der Waals surface area contributed by atoms with Gasteiger partial charge >= 0.3 is 0 Å². The van der Waals surface area contributed by atoms with Crippen LogP contribution in [0.3, 0.4) is 0 Å². The highest BCUT2D eigenvalue weighted by molar-refractivity contribution is 7.99. The van der Waals surface area contributed by atoms with Crippen LogP contribution in [0.4, 0.5) is 0 Å². The second-order valence-electron chi connectivity index (χ2n) is 6.35. The largest absolute Gasteiger partial charge is 0.339 e. The van der Waals surface area contributed by atoms with E-state index < -0.39 is 0 Å². The molecule has 0 atom stereocenters. The van der Waals surface area contributed by atoms with Crippen LogP contribution in [0.5, 0.6) is 0 Å². The minimum Gasteiger partial charge on any atom is -0.339 e. The van der Waals surface area contributed by atoms with Gasteiger partial charge in [-0.1, -0.05) is 25.6 Å². The topological polar surface area (TPSA) is 55.2 Å². The number of hydrogen-bond donors (Lipinski definition) is 0. The molecule has 5 nitrogen and oxygen atoms in total. The van der Waals surface area contributed by atoms with Crippen LogP contribution in [0.1, 0.15) is 26.7 Å². The summed E-state index contributed by atoms with van der Waals surface area (Å²) in [5.41, 5.74) is 0.676. The molecule has 0 aliphatic heterocycles. The molecule has 1 amide bonds. The smallest absolute Gasteiger partial charge is 0.271 e. The van der Waals surface area contributed by atoms with Crippen LogP contribution in [-0.4, -0.2) is 38.7 Å². The lowest BCUT2D eigenvalue weighted by Crippen LogP contribution is -2.37. The molecule has 0 N–H and O–H groups in total. The molecule has 23 heavy (non-hydrogen) atoms. The standard InChI is InChI=1S/C16H21N3O2S2/c1-10(2)8-19(11-4-5-11)13(20)9-23-16-17-12-6-7-22-14(12)15(21)18(16)3/h6-7,10-11H,4-5,8-9H2,1-3H3. The number of aromatic nitrogens is 2. The number of nitrogens with zero attached hydrogens (tertiary/aromatic N) is 3. The third kappa shape index (κ3) is 3.61. The first kappa shape index (κ1) is 16.5. The number of thiophene rings is 1. The van der Waals surface area contributed by atoms with Crippen molar-refractivity contribution in [2.45, 2.75) is 37.9 Å². The number of carbonyl (C=O) groups excluding carboxylic acids is 1. The molecule has 1 fully saturated rings. The van der Waals surface area contributed by atoms with Gasteiger partial charge in [0.1, 0.15) is 4.70 Å². The van der Waals surface area contributed by atoms with Gasteiger partial charge in [-0.25, -0.2) is 4.98 Å². The zero-order valence-electron chi connectivity index (χ0n) is 13.6. The van der Waals surface area contributed by atoms with E-state index in [0.717, 1.165) is 19.4 Å². The molecular weight excluding hydrogens is 330 g/mol. The van der Waals surface area contributed by atoms with Crippen molar-refractivity contribution < 1.29 is 4.79 Å². The summed E-state index contributed by atoms with van der Waals surface area (Å²) < 4.78 is 2.21. The van der Waals surface area contributed by atoms with E-state index in [4.69, 9.17) is 0 Å². The van der Waals surface area contributed by atoms with Gasteiger partial charge in [0.25, 0.3) is 5.56 Å². The Morgan fingerprint density at radius 1 is 1.52 bits per heavy atom. The Kier molecular flexibility index (Phi) is 4.77. The Labute approximate surface area is 143 Å². The van der Waals surface area contributed by atoms with Gasteiger partial charge in [-0.3, -0.25) is 14.2 Å². The lowest BCUT2D eigenvalue weighted by atomic mass is 10.2. The maximum atomic E-state index is 12.5. The van der Waals surface area contributed by atoms with Crippen molar-refractivity contribution in [2.24, 2.45) is 13.0 Å². The number of thioether (sulfide) groups is 1. The molecule has 0 radical (unpaired) electrons. The molecular formula is C16H21N3O2S2. The Hall–Kier alpha value is -1.34. The highest BCUT2D eigenvalue weighted by atomic mass is 32.2. The highest BCUT2D eigenvalue weighted by Crippen LogP contribution is 2.29. The Morgan fingerprint density at radius 2 is 2.26 bits per heavy atom. The van der Waals surface area contributed by atoms with E-state index in [9.17, 15) is 9.59 Å². The fourth-order valence-electron chi connectivity index (χ4n) is 2.54. The molecule has 2 aromatic rings. The fraction of sp³-hybridized carbons (Fsp3) is 0.562. The normalized spacial score (nSPS) is 14.6. The van der Waals surface area contributed by atoms with Crippen LogP contribution < -0.4 is 5.56 Å². The third-order valence-corrected chi connectivity index (χ3v) is 5.75. The van der Waals surface area contributed by atoms with Gasteiger partial charge < -0.3 is 4.90 Å². The summed E-state index contributed by atoms with van der Waals surface area (Å²) >= 11 is 2.76.